The van der Waals surface area contributed by atoms with Crippen molar-refractivity contribution in [1.82, 2.24) is 19.7 Å². The average molecular weight is 406 g/mol. The van der Waals surface area contributed by atoms with Crippen molar-refractivity contribution in [2.24, 2.45) is 0 Å². The minimum Gasteiger partial charge on any atom is -0.454 e. The van der Waals surface area contributed by atoms with Crippen molar-refractivity contribution in [3.8, 4) is 11.5 Å². The zero-order valence-electron chi connectivity index (χ0n) is 17.4. The largest absolute Gasteiger partial charge is 0.454 e. The fraction of sp³-hybridized carbons (Fsp3) is 0.348. The van der Waals surface area contributed by atoms with Crippen molar-refractivity contribution in [2.75, 3.05) is 11.9 Å². The van der Waals surface area contributed by atoms with Crippen LogP contribution in [0.1, 0.15) is 38.3 Å². The summed E-state index contributed by atoms with van der Waals surface area (Å²) in [6, 6.07) is 11.3. The van der Waals surface area contributed by atoms with Crippen molar-refractivity contribution >= 4 is 11.6 Å². The summed E-state index contributed by atoms with van der Waals surface area (Å²) in [6.45, 7) is 5.83. The summed E-state index contributed by atoms with van der Waals surface area (Å²) in [5.41, 5.74) is 1.79. The molecule has 1 aliphatic rings. The minimum absolute atomic E-state index is 0.00834. The van der Waals surface area contributed by atoms with E-state index in [9.17, 15) is 4.79 Å². The number of carbonyl (C=O) groups is 1. The van der Waals surface area contributed by atoms with E-state index in [1.807, 2.05) is 47.3 Å². The number of carbonyl (C=O) groups excluding carboxylic acids is 1. The van der Waals surface area contributed by atoms with Gasteiger partial charge in [0.15, 0.2) is 5.75 Å². The van der Waals surface area contributed by atoms with Gasteiger partial charge in [-0.25, -0.2) is 0 Å². The number of rotatable bonds is 7. The molecule has 0 aliphatic carbocycles. The van der Waals surface area contributed by atoms with E-state index in [-0.39, 0.29) is 11.9 Å². The van der Waals surface area contributed by atoms with E-state index in [1.165, 1.54) is 0 Å². The van der Waals surface area contributed by atoms with E-state index in [0.717, 1.165) is 31.5 Å². The molecule has 2 aromatic heterocycles. The zero-order chi connectivity index (χ0) is 20.9. The van der Waals surface area contributed by atoms with Gasteiger partial charge in [-0.05, 0) is 57.5 Å². The van der Waals surface area contributed by atoms with Gasteiger partial charge in [0.1, 0.15) is 5.75 Å². The number of anilines is 1. The van der Waals surface area contributed by atoms with Gasteiger partial charge in [-0.3, -0.25) is 19.4 Å². The quantitative estimate of drug-likeness (QED) is 0.636. The first-order valence-electron chi connectivity index (χ1n) is 10.3. The molecule has 1 atom stereocenters. The third-order valence-electron chi connectivity index (χ3n) is 5.24. The van der Waals surface area contributed by atoms with Crippen LogP contribution in [0, 0.1) is 0 Å². The number of likely N-dealkylation sites (tertiary alicyclic amines) is 1. The molecule has 0 bridgehead atoms. The first-order valence-corrected chi connectivity index (χ1v) is 10.3. The number of pyridine rings is 1. The Morgan fingerprint density at radius 1 is 1.23 bits per heavy atom. The second kappa shape index (κ2) is 9.09. The van der Waals surface area contributed by atoms with E-state index in [4.69, 9.17) is 4.74 Å². The molecule has 156 valence electrons. The Morgan fingerprint density at radius 3 is 2.87 bits per heavy atom. The van der Waals surface area contributed by atoms with Crippen molar-refractivity contribution in [1.29, 1.82) is 0 Å². The van der Waals surface area contributed by atoms with Gasteiger partial charge in [0.2, 0.25) is 5.91 Å². The van der Waals surface area contributed by atoms with Crippen molar-refractivity contribution in [2.45, 2.75) is 45.3 Å². The van der Waals surface area contributed by atoms with E-state index in [2.05, 4.69) is 40.3 Å². The normalized spacial score (nSPS) is 16.7. The van der Waals surface area contributed by atoms with E-state index < -0.39 is 0 Å². The number of para-hydroxylation sites is 2. The van der Waals surface area contributed by atoms with Gasteiger partial charge in [0, 0.05) is 30.5 Å². The Labute approximate surface area is 176 Å². The molecule has 3 heterocycles. The molecular weight excluding hydrogens is 378 g/mol. The molecule has 1 amide bonds. The van der Waals surface area contributed by atoms with Crippen LogP contribution in [0.4, 0.5) is 5.69 Å². The van der Waals surface area contributed by atoms with Gasteiger partial charge in [-0.2, -0.15) is 5.10 Å². The third-order valence-corrected chi connectivity index (χ3v) is 5.24. The van der Waals surface area contributed by atoms with Crippen molar-refractivity contribution in [3.05, 3.63) is 66.7 Å². The molecule has 30 heavy (non-hydrogen) atoms. The van der Waals surface area contributed by atoms with Gasteiger partial charge in [-0.15, -0.1) is 0 Å². The van der Waals surface area contributed by atoms with E-state index in [1.54, 1.807) is 12.4 Å². The molecule has 0 saturated carbocycles. The lowest BCUT2D eigenvalue weighted by molar-refractivity contribution is -0.120. The van der Waals surface area contributed by atoms with Gasteiger partial charge in [-0.1, -0.05) is 12.1 Å². The molecule has 1 N–H and O–H groups in total. The van der Waals surface area contributed by atoms with Crippen LogP contribution in [0.15, 0.2) is 61.2 Å². The number of nitrogens with one attached hydrogen (secondary N) is 1. The molecule has 7 nitrogen and oxygen atoms in total. The van der Waals surface area contributed by atoms with Crippen LogP contribution in [-0.2, 0) is 11.3 Å². The van der Waals surface area contributed by atoms with E-state index in [0.29, 0.717) is 23.2 Å². The molecule has 0 spiro atoms. The molecule has 1 saturated heterocycles. The summed E-state index contributed by atoms with van der Waals surface area (Å²) in [6.07, 6.45) is 9.15. The lowest BCUT2D eigenvalue weighted by atomic mass is 10.2. The van der Waals surface area contributed by atoms with E-state index >= 15 is 0 Å². The summed E-state index contributed by atoms with van der Waals surface area (Å²) in [4.78, 5) is 19.4. The number of hydrogen-bond acceptors (Lipinski definition) is 5. The van der Waals surface area contributed by atoms with Crippen LogP contribution in [0.25, 0.3) is 0 Å². The molecule has 0 unspecified atom stereocenters. The highest BCUT2D eigenvalue weighted by Crippen LogP contribution is 2.30. The van der Waals surface area contributed by atoms with Gasteiger partial charge >= 0.3 is 0 Å². The number of benzene rings is 1. The number of ether oxygens (including phenoxy) is 1. The summed E-state index contributed by atoms with van der Waals surface area (Å²) >= 11 is 0. The summed E-state index contributed by atoms with van der Waals surface area (Å²) in [5, 5.41) is 7.48. The number of hydrogen-bond donors (Lipinski definition) is 1. The zero-order valence-corrected chi connectivity index (χ0v) is 17.4. The number of amides is 1. The van der Waals surface area contributed by atoms with Crippen molar-refractivity contribution in [3.63, 3.8) is 0 Å². The smallest absolute Gasteiger partial charge is 0.241 e. The fourth-order valence-corrected chi connectivity index (χ4v) is 3.70. The second-order valence-electron chi connectivity index (χ2n) is 7.83. The highest BCUT2D eigenvalue weighted by molar-refractivity contribution is 5.96. The molecule has 1 fully saturated rings. The van der Waals surface area contributed by atoms with Crippen molar-refractivity contribution < 1.29 is 9.53 Å². The van der Waals surface area contributed by atoms with Crippen LogP contribution >= 0.6 is 0 Å². The molecule has 1 aliphatic heterocycles. The van der Waals surface area contributed by atoms with Crippen LogP contribution in [-0.4, -0.2) is 38.2 Å². The van der Waals surface area contributed by atoms with Crippen LogP contribution in [0.5, 0.6) is 11.5 Å². The monoisotopic (exact) mass is 405 g/mol. The Morgan fingerprint density at radius 2 is 2.10 bits per heavy atom. The van der Waals surface area contributed by atoms with Crippen LogP contribution in [0.2, 0.25) is 0 Å². The third kappa shape index (κ3) is 4.68. The summed E-state index contributed by atoms with van der Waals surface area (Å²) in [7, 11) is 0. The maximum absolute atomic E-state index is 13.1. The number of nitrogens with zero attached hydrogens (tertiary/aromatic N) is 4. The molecule has 7 heteroatoms. The molecular formula is C23H27N5O2. The van der Waals surface area contributed by atoms with Gasteiger partial charge in [0.25, 0.3) is 0 Å². The predicted molar refractivity (Wildman–Crippen MR) is 115 cm³/mol. The lowest BCUT2D eigenvalue weighted by Crippen LogP contribution is -2.39. The first-order chi connectivity index (χ1) is 14.6. The lowest BCUT2D eigenvalue weighted by Gasteiger charge is -2.23. The average Bonchev–Trinajstić information content (AvgIpc) is 3.40. The van der Waals surface area contributed by atoms with Gasteiger partial charge in [0.05, 0.1) is 24.1 Å². The standard InChI is InChI=1S/C23H27N5O2/c1-17(2)28-16-18(13-25-28)15-27-12-6-9-21(27)23(29)26-20-8-3-4-10-22(20)30-19-7-5-11-24-14-19/h3-5,7-8,10-11,13-14,16-17,21H,6,9,12,15H2,1-2H3,(H,26,29)/t21-/m1/s1. The summed E-state index contributed by atoms with van der Waals surface area (Å²) in [5.74, 6) is 1.22. The topological polar surface area (TPSA) is 72.3 Å². The number of aromatic nitrogens is 3. The van der Waals surface area contributed by atoms with Crippen LogP contribution < -0.4 is 10.1 Å². The maximum atomic E-state index is 13.1. The summed E-state index contributed by atoms with van der Waals surface area (Å²) < 4.78 is 7.87. The first kappa shape index (κ1) is 20.1. The Balaban J connectivity index is 1.44. The molecule has 1 aromatic carbocycles. The van der Waals surface area contributed by atoms with Gasteiger partial charge < -0.3 is 10.1 Å². The Kier molecular flexibility index (Phi) is 6.09. The predicted octanol–water partition coefficient (Wildman–Crippen LogP) is 4.25. The maximum Gasteiger partial charge on any atom is 0.241 e. The fourth-order valence-electron chi connectivity index (χ4n) is 3.70. The Hall–Kier alpha value is -3.19. The van der Waals surface area contributed by atoms with Crippen LogP contribution in [0.3, 0.4) is 0 Å². The highest BCUT2D eigenvalue weighted by Gasteiger charge is 2.31. The Bertz CT molecular complexity index is 986. The molecule has 4 rings (SSSR count). The SMILES string of the molecule is CC(C)n1cc(CN2CCC[C@@H]2C(=O)Nc2ccccc2Oc2cccnc2)cn1. The molecule has 0 radical (unpaired) electrons. The minimum atomic E-state index is -0.168. The highest BCUT2D eigenvalue weighted by atomic mass is 16.5. The molecule has 3 aromatic rings. The second-order valence-corrected chi connectivity index (χ2v) is 7.83.